The first-order valence-corrected chi connectivity index (χ1v) is 7.59. The summed E-state index contributed by atoms with van der Waals surface area (Å²) in [6, 6.07) is -0.206. The number of nitrogens with zero attached hydrogens (tertiary/aromatic N) is 1. The monoisotopic (exact) mass is 304 g/mol. The summed E-state index contributed by atoms with van der Waals surface area (Å²) in [6.07, 6.45) is -0.615. The molecular weight excluding hydrogens is 280 g/mol. The lowest BCUT2D eigenvalue weighted by molar-refractivity contribution is -0.135. The SMILES string of the molecule is CC(C)(C)OC(=O)NCC(=O)N1[C@@H](CO)CSC1(C)C. The van der Waals surface area contributed by atoms with E-state index in [0.29, 0.717) is 5.75 Å². The number of aliphatic hydroxyl groups excluding tert-OH is 1. The number of nitrogens with one attached hydrogen (secondary N) is 1. The number of carbonyl (C=O) groups is 2. The molecule has 7 heteroatoms. The lowest BCUT2D eigenvalue weighted by Crippen LogP contribution is -2.51. The predicted molar refractivity (Wildman–Crippen MR) is 78.5 cm³/mol. The first-order valence-electron chi connectivity index (χ1n) is 6.60. The molecule has 1 aliphatic heterocycles. The minimum absolute atomic E-state index is 0.0748. The van der Waals surface area contributed by atoms with Gasteiger partial charge in [0.25, 0.3) is 0 Å². The highest BCUT2D eigenvalue weighted by Crippen LogP contribution is 2.38. The van der Waals surface area contributed by atoms with E-state index in [4.69, 9.17) is 4.74 Å². The lowest BCUT2D eigenvalue weighted by atomic mass is 10.2. The fraction of sp³-hybridized carbons (Fsp3) is 0.846. The summed E-state index contributed by atoms with van der Waals surface area (Å²) >= 11 is 1.61. The third kappa shape index (κ3) is 4.56. The summed E-state index contributed by atoms with van der Waals surface area (Å²) in [4.78, 5) is 25.0. The maximum Gasteiger partial charge on any atom is 0.408 e. The number of carbonyl (C=O) groups excluding carboxylic acids is 2. The van der Waals surface area contributed by atoms with Crippen LogP contribution in [0.15, 0.2) is 0 Å². The van der Waals surface area contributed by atoms with E-state index >= 15 is 0 Å². The molecule has 1 fully saturated rings. The smallest absolute Gasteiger partial charge is 0.408 e. The van der Waals surface area contributed by atoms with Gasteiger partial charge in [0, 0.05) is 5.75 Å². The van der Waals surface area contributed by atoms with E-state index in [1.165, 1.54) is 0 Å². The predicted octanol–water partition coefficient (Wildman–Crippen LogP) is 1.18. The molecule has 0 aromatic carbocycles. The Morgan fingerprint density at radius 1 is 1.45 bits per heavy atom. The molecule has 1 rings (SSSR count). The van der Waals surface area contributed by atoms with Crippen molar-refractivity contribution < 1.29 is 19.4 Å². The number of hydrogen-bond acceptors (Lipinski definition) is 5. The molecule has 0 unspecified atom stereocenters. The second kappa shape index (κ2) is 6.22. The van der Waals surface area contributed by atoms with Crippen molar-refractivity contribution in [1.29, 1.82) is 0 Å². The Morgan fingerprint density at radius 3 is 2.55 bits per heavy atom. The van der Waals surface area contributed by atoms with Crippen LogP contribution in [0.4, 0.5) is 4.79 Å². The number of aliphatic hydroxyl groups is 1. The summed E-state index contributed by atoms with van der Waals surface area (Å²) in [5.41, 5.74) is -0.594. The Balaban J connectivity index is 2.56. The van der Waals surface area contributed by atoms with Gasteiger partial charge < -0.3 is 20.1 Å². The number of thioether (sulfide) groups is 1. The normalized spacial score (nSPS) is 21.7. The third-order valence-corrected chi connectivity index (χ3v) is 4.29. The van der Waals surface area contributed by atoms with Crippen LogP contribution in [-0.2, 0) is 9.53 Å². The second-order valence-electron chi connectivity index (χ2n) is 6.21. The topological polar surface area (TPSA) is 78.9 Å². The maximum atomic E-state index is 12.2. The summed E-state index contributed by atoms with van der Waals surface area (Å²) in [5.74, 6) is 0.478. The minimum atomic E-state index is -0.615. The highest BCUT2D eigenvalue weighted by molar-refractivity contribution is 8.00. The number of amides is 2. The Kier molecular flexibility index (Phi) is 5.32. The molecule has 116 valence electrons. The Bertz CT molecular complexity index is 379. The van der Waals surface area contributed by atoms with Gasteiger partial charge in [-0.15, -0.1) is 11.8 Å². The van der Waals surface area contributed by atoms with Crippen LogP contribution in [0.1, 0.15) is 34.6 Å². The molecule has 20 heavy (non-hydrogen) atoms. The standard InChI is InChI=1S/C13H24N2O4S/c1-12(2,3)19-11(18)14-6-10(17)15-9(7-16)8-20-13(15,4)5/h9,16H,6-8H2,1-5H3,(H,14,18)/t9-/m0/s1. The van der Waals surface area contributed by atoms with Gasteiger partial charge in [0.15, 0.2) is 0 Å². The molecule has 1 atom stereocenters. The molecule has 2 amide bonds. The maximum absolute atomic E-state index is 12.2. The highest BCUT2D eigenvalue weighted by Gasteiger charge is 2.42. The van der Waals surface area contributed by atoms with Crippen LogP contribution in [-0.4, -0.2) is 57.4 Å². The fourth-order valence-corrected chi connectivity index (χ4v) is 3.31. The van der Waals surface area contributed by atoms with Crippen LogP contribution < -0.4 is 5.32 Å². The van der Waals surface area contributed by atoms with Crippen molar-refractivity contribution in [3.05, 3.63) is 0 Å². The molecule has 0 aromatic heterocycles. The van der Waals surface area contributed by atoms with E-state index in [-0.39, 0.29) is 30.0 Å². The molecule has 0 bridgehead atoms. The number of ether oxygens (including phenoxy) is 1. The van der Waals surface area contributed by atoms with Crippen LogP contribution >= 0.6 is 11.8 Å². The molecule has 1 aliphatic rings. The third-order valence-electron chi connectivity index (χ3n) is 2.84. The Labute approximate surface area is 124 Å². The Hall–Kier alpha value is -0.950. The van der Waals surface area contributed by atoms with E-state index in [2.05, 4.69) is 5.32 Å². The van der Waals surface area contributed by atoms with Gasteiger partial charge in [-0.3, -0.25) is 4.79 Å². The minimum Gasteiger partial charge on any atom is -0.444 e. The number of alkyl carbamates (subject to hydrolysis) is 1. The number of rotatable bonds is 3. The van der Waals surface area contributed by atoms with Gasteiger partial charge in [-0.2, -0.15) is 0 Å². The fourth-order valence-electron chi connectivity index (χ4n) is 2.07. The molecule has 0 aromatic rings. The van der Waals surface area contributed by atoms with Gasteiger partial charge in [0.05, 0.1) is 17.5 Å². The molecule has 0 radical (unpaired) electrons. The lowest BCUT2D eigenvalue weighted by Gasteiger charge is -2.34. The Morgan fingerprint density at radius 2 is 2.05 bits per heavy atom. The molecular formula is C13H24N2O4S. The first-order chi connectivity index (χ1) is 9.07. The van der Waals surface area contributed by atoms with Crippen molar-refractivity contribution in [3.63, 3.8) is 0 Å². The van der Waals surface area contributed by atoms with Crippen molar-refractivity contribution in [1.82, 2.24) is 10.2 Å². The van der Waals surface area contributed by atoms with Gasteiger partial charge in [0.2, 0.25) is 5.91 Å². The van der Waals surface area contributed by atoms with E-state index in [0.717, 1.165) is 0 Å². The highest BCUT2D eigenvalue weighted by atomic mass is 32.2. The number of hydrogen-bond donors (Lipinski definition) is 2. The van der Waals surface area contributed by atoms with Crippen molar-refractivity contribution in [3.8, 4) is 0 Å². The largest absolute Gasteiger partial charge is 0.444 e. The van der Waals surface area contributed by atoms with Gasteiger partial charge in [0.1, 0.15) is 12.1 Å². The van der Waals surface area contributed by atoms with E-state index in [1.54, 1.807) is 37.4 Å². The van der Waals surface area contributed by atoms with Crippen molar-refractivity contribution >= 4 is 23.8 Å². The van der Waals surface area contributed by atoms with Crippen LogP contribution in [0.2, 0.25) is 0 Å². The summed E-state index contributed by atoms with van der Waals surface area (Å²) < 4.78 is 5.08. The van der Waals surface area contributed by atoms with E-state index in [9.17, 15) is 14.7 Å². The average Bonchev–Trinajstić information content (AvgIpc) is 2.59. The van der Waals surface area contributed by atoms with E-state index < -0.39 is 11.7 Å². The molecule has 0 spiro atoms. The van der Waals surface area contributed by atoms with Crippen molar-refractivity contribution in [2.45, 2.75) is 51.1 Å². The zero-order valence-electron chi connectivity index (χ0n) is 12.7. The average molecular weight is 304 g/mol. The van der Waals surface area contributed by atoms with Gasteiger partial charge in [-0.25, -0.2) is 4.79 Å². The van der Waals surface area contributed by atoms with Crippen LogP contribution in [0.5, 0.6) is 0 Å². The van der Waals surface area contributed by atoms with E-state index in [1.807, 2.05) is 13.8 Å². The van der Waals surface area contributed by atoms with Crippen LogP contribution in [0, 0.1) is 0 Å². The summed E-state index contributed by atoms with van der Waals surface area (Å²) in [6.45, 7) is 8.94. The molecule has 0 aliphatic carbocycles. The second-order valence-corrected chi connectivity index (χ2v) is 7.83. The molecule has 1 saturated heterocycles. The molecule has 6 nitrogen and oxygen atoms in total. The van der Waals surface area contributed by atoms with Crippen LogP contribution in [0.3, 0.4) is 0 Å². The first kappa shape index (κ1) is 17.1. The van der Waals surface area contributed by atoms with Gasteiger partial charge in [-0.05, 0) is 34.6 Å². The molecule has 1 heterocycles. The zero-order chi connectivity index (χ0) is 15.6. The van der Waals surface area contributed by atoms with Gasteiger partial charge >= 0.3 is 6.09 Å². The van der Waals surface area contributed by atoms with Crippen molar-refractivity contribution in [2.24, 2.45) is 0 Å². The van der Waals surface area contributed by atoms with Gasteiger partial charge in [-0.1, -0.05) is 0 Å². The molecule has 2 N–H and O–H groups in total. The molecule has 0 saturated carbocycles. The zero-order valence-corrected chi connectivity index (χ0v) is 13.5. The quantitative estimate of drug-likeness (QED) is 0.818. The summed E-state index contributed by atoms with van der Waals surface area (Å²) in [5, 5.41) is 11.8. The summed E-state index contributed by atoms with van der Waals surface area (Å²) in [7, 11) is 0. The van der Waals surface area contributed by atoms with Crippen LogP contribution in [0.25, 0.3) is 0 Å². The van der Waals surface area contributed by atoms with Crippen molar-refractivity contribution in [2.75, 3.05) is 18.9 Å².